The monoisotopic (exact) mass is 727 g/mol. The molecule has 57 heavy (non-hydrogen) atoms. The lowest BCUT2D eigenvalue weighted by Gasteiger charge is -2.13. The molecule has 0 aliphatic carbocycles. The van der Waals surface area contributed by atoms with Gasteiger partial charge in [-0.05, 0) is 60.7 Å². The van der Waals surface area contributed by atoms with Crippen molar-refractivity contribution in [3.8, 4) is 39.8 Å². The SMILES string of the molecule is c1ccc(-c2nc(-c3ccc(-n4c5ccccc5c5cc6c(cc54)c4ccccc4n6-c4ccccc4)cc3)cc(-n3c4ccccc4c4ccccc43)n2)cc1. The van der Waals surface area contributed by atoms with Crippen molar-refractivity contribution in [3.05, 3.63) is 200 Å². The molecule has 4 aromatic heterocycles. The zero-order valence-corrected chi connectivity index (χ0v) is 30.8. The highest BCUT2D eigenvalue weighted by molar-refractivity contribution is 6.19. The summed E-state index contributed by atoms with van der Waals surface area (Å²) in [5, 5.41) is 7.32. The standard InChI is InChI=1S/C52H33N5/c1-3-15-35(16-4-1)52-53-44(33-51(54-52)57-47-25-13-7-19-38(47)39-20-8-14-26-48(39)57)34-27-29-37(30-28-34)56-46-24-12-10-22-41(46)43-31-49-42(32-50(43)56)40-21-9-11-23-45(40)55(49)36-17-5-2-6-18-36/h1-33H. The van der Waals surface area contributed by atoms with Gasteiger partial charge in [0.05, 0.1) is 38.8 Å². The normalized spacial score (nSPS) is 11.9. The van der Waals surface area contributed by atoms with Gasteiger partial charge >= 0.3 is 0 Å². The van der Waals surface area contributed by atoms with E-state index >= 15 is 0 Å². The molecule has 0 saturated heterocycles. The molecule has 0 aliphatic rings. The Hall–Kier alpha value is -7.76. The molecule has 0 saturated carbocycles. The lowest BCUT2D eigenvalue weighted by molar-refractivity contribution is 1.05. The Morgan fingerprint density at radius 3 is 1.23 bits per heavy atom. The average molecular weight is 728 g/mol. The molecule has 0 N–H and O–H groups in total. The minimum Gasteiger partial charge on any atom is -0.309 e. The van der Waals surface area contributed by atoms with E-state index < -0.39 is 0 Å². The first-order chi connectivity index (χ1) is 28.3. The summed E-state index contributed by atoms with van der Waals surface area (Å²) in [6, 6.07) is 71.3. The summed E-state index contributed by atoms with van der Waals surface area (Å²) < 4.78 is 7.07. The second kappa shape index (κ2) is 12.4. The highest BCUT2D eigenvalue weighted by Gasteiger charge is 2.20. The Labute approximate surface area is 328 Å². The molecule has 12 rings (SSSR count). The van der Waals surface area contributed by atoms with Gasteiger partial charge < -0.3 is 9.13 Å². The maximum Gasteiger partial charge on any atom is 0.162 e. The summed E-state index contributed by atoms with van der Waals surface area (Å²) in [6.07, 6.45) is 0. The molecule has 8 aromatic carbocycles. The van der Waals surface area contributed by atoms with E-state index in [1.165, 1.54) is 54.4 Å². The van der Waals surface area contributed by atoms with E-state index in [0.29, 0.717) is 5.82 Å². The topological polar surface area (TPSA) is 40.6 Å². The van der Waals surface area contributed by atoms with Gasteiger partial charge in [-0.25, -0.2) is 9.97 Å². The molecule has 12 aromatic rings. The molecule has 0 atom stereocenters. The molecule has 0 fully saturated rings. The van der Waals surface area contributed by atoms with Crippen LogP contribution in [0.3, 0.4) is 0 Å². The van der Waals surface area contributed by atoms with Crippen LogP contribution < -0.4 is 0 Å². The predicted octanol–water partition coefficient (Wildman–Crippen LogP) is 13.1. The van der Waals surface area contributed by atoms with Gasteiger partial charge in [-0.2, -0.15) is 0 Å². The quantitative estimate of drug-likeness (QED) is 0.177. The second-order valence-corrected chi connectivity index (χ2v) is 14.6. The summed E-state index contributed by atoms with van der Waals surface area (Å²) in [4.78, 5) is 10.4. The fraction of sp³-hybridized carbons (Fsp3) is 0. The Morgan fingerprint density at radius 2 is 0.702 bits per heavy atom. The zero-order chi connectivity index (χ0) is 37.5. The number of fused-ring (bicyclic) bond motifs is 9. The van der Waals surface area contributed by atoms with Crippen molar-refractivity contribution in [3.63, 3.8) is 0 Å². The Morgan fingerprint density at radius 1 is 0.281 bits per heavy atom. The average Bonchev–Trinajstić information content (AvgIpc) is 3.91. The minimum atomic E-state index is 0.690. The van der Waals surface area contributed by atoms with Crippen molar-refractivity contribution >= 4 is 65.4 Å². The van der Waals surface area contributed by atoms with Gasteiger partial charge in [-0.1, -0.05) is 133 Å². The van der Waals surface area contributed by atoms with Crippen LogP contribution in [0.5, 0.6) is 0 Å². The van der Waals surface area contributed by atoms with Crippen LogP contribution >= 0.6 is 0 Å². The minimum absolute atomic E-state index is 0.690. The smallest absolute Gasteiger partial charge is 0.162 e. The van der Waals surface area contributed by atoms with E-state index in [9.17, 15) is 0 Å². The number of nitrogens with zero attached hydrogens (tertiary/aromatic N) is 5. The lowest BCUT2D eigenvalue weighted by Crippen LogP contribution is -2.02. The van der Waals surface area contributed by atoms with E-state index in [1.807, 2.05) is 18.2 Å². The van der Waals surface area contributed by atoms with Gasteiger partial charge in [0.15, 0.2) is 5.82 Å². The summed E-state index contributed by atoms with van der Waals surface area (Å²) in [6.45, 7) is 0. The van der Waals surface area contributed by atoms with Crippen molar-refractivity contribution in [1.82, 2.24) is 23.7 Å². The molecule has 4 heterocycles. The molecule has 0 bridgehead atoms. The fourth-order valence-electron chi connectivity index (χ4n) is 8.93. The molecule has 0 radical (unpaired) electrons. The molecule has 0 spiro atoms. The van der Waals surface area contributed by atoms with Gasteiger partial charge in [0.2, 0.25) is 0 Å². The summed E-state index contributed by atoms with van der Waals surface area (Å²) in [7, 11) is 0. The van der Waals surface area contributed by atoms with E-state index in [1.54, 1.807) is 0 Å². The molecule has 266 valence electrons. The first-order valence-electron chi connectivity index (χ1n) is 19.3. The van der Waals surface area contributed by atoms with Crippen LogP contribution in [0, 0.1) is 0 Å². The third-order valence-electron chi connectivity index (χ3n) is 11.5. The fourth-order valence-corrected chi connectivity index (χ4v) is 8.93. The Kier molecular flexibility index (Phi) is 6.86. The van der Waals surface area contributed by atoms with E-state index in [-0.39, 0.29) is 0 Å². The van der Waals surface area contributed by atoms with Crippen LogP contribution in [0.4, 0.5) is 0 Å². The van der Waals surface area contributed by atoms with Crippen LogP contribution in [0.2, 0.25) is 0 Å². The molecule has 5 heteroatoms. The molecule has 5 nitrogen and oxygen atoms in total. The number of aromatic nitrogens is 5. The van der Waals surface area contributed by atoms with Gasteiger partial charge in [-0.15, -0.1) is 0 Å². The maximum absolute atomic E-state index is 5.21. The number of benzene rings is 8. The van der Waals surface area contributed by atoms with Gasteiger partial charge in [0.25, 0.3) is 0 Å². The second-order valence-electron chi connectivity index (χ2n) is 14.6. The van der Waals surface area contributed by atoms with Crippen LogP contribution in [0.25, 0.3) is 105 Å². The number of para-hydroxylation sites is 5. The van der Waals surface area contributed by atoms with Gasteiger partial charge in [-0.3, -0.25) is 4.57 Å². The summed E-state index contributed by atoms with van der Waals surface area (Å²) >= 11 is 0. The predicted molar refractivity (Wildman–Crippen MR) is 236 cm³/mol. The van der Waals surface area contributed by atoms with Crippen LogP contribution in [-0.2, 0) is 0 Å². The van der Waals surface area contributed by atoms with Crippen molar-refractivity contribution < 1.29 is 0 Å². The van der Waals surface area contributed by atoms with E-state index in [0.717, 1.165) is 45.0 Å². The molecule has 0 amide bonds. The Bertz CT molecular complexity index is 3450. The number of hydrogen-bond donors (Lipinski definition) is 0. The third kappa shape index (κ3) is 4.82. The largest absolute Gasteiger partial charge is 0.309 e. The molecule has 0 unspecified atom stereocenters. The maximum atomic E-state index is 5.21. The molecule has 0 aliphatic heterocycles. The van der Waals surface area contributed by atoms with Gasteiger partial charge in [0, 0.05) is 60.9 Å². The van der Waals surface area contributed by atoms with E-state index in [2.05, 4.69) is 196 Å². The van der Waals surface area contributed by atoms with Crippen LogP contribution in [-0.4, -0.2) is 23.7 Å². The Balaban J connectivity index is 1.05. The highest BCUT2D eigenvalue weighted by atomic mass is 15.1. The summed E-state index contributed by atoms with van der Waals surface area (Å²) in [5.41, 5.74) is 12.1. The van der Waals surface area contributed by atoms with Crippen molar-refractivity contribution in [2.24, 2.45) is 0 Å². The first-order valence-corrected chi connectivity index (χ1v) is 19.3. The van der Waals surface area contributed by atoms with Crippen molar-refractivity contribution in [2.75, 3.05) is 0 Å². The molecular formula is C52H33N5. The van der Waals surface area contributed by atoms with Crippen LogP contribution in [0.1, 0.15) is 0 Å². The van der Waals surface area contributed by atoms with E-state index in [4.69, 9.17) is 9.97 Å². The number of hydrogen-bond acceptors (Lipinski definition) is 2. The van der Waals surface area contributed by atoms with Crippen LogP contribution in [0.15, 0.2) is 200 Å². The third-order valence-corrected chi connectivity index (χ3v) is 11.5. The highest BCUT2D eigenvalue weighted by Crippen LogP contribution is 2.40. The lowest BCUT2D eigenvalue weighted by atomic mass is 10.1. The number of rotatable bonds is 5. The van der Waals surface area contributed by atoms with Crippen molar-refractivity contribution in [2.45, 2.75) is 0 Å². The zero-order valence-electron chi connectivity index (χ0n) is 30.8. The summed E-state index contributed by atoms with van der Waals surface area (Å²) in [5.74, 6) is 1.52. The molecular weight excluding hydrogens is 695 g/mol. The first kappa shape index (κ1) is 31.6. The van der Waals surface area contributed by atoms with Gasteiger partial charge in [0.1, 0.15) is 5.82 Å². The van der Waals surface area contributed by atoms with Crippen molar-refractivity contribution in [1.29, 1.82) is 0 Å².